The zero-order valence-corrected chi connectivity index (χ0v) is 14.6. The molecule has 1 aromatic carbocycles. The van der Waals surface area contributed by atoms with Crippen molar-refractivity contribution in [2.75, 3.05) is 6.61 Å². The smallest absolute Gasteiger partial charge is 0.261 e. The summed E-state index contributed by atoms with van der Waals surface area (Å²) in [5.74, 6) is -0.612. The Balaban J connectivity index is 1.96. The number of aliphatic hydroxyl groups is 1. The van der Waals surface area contributed by atoms with E-state index in [0.29, 0.717) is 4.88 Å². The van der Waals surface area contributed by atoms with Crippen LogP contribution in [0.4, 0.5) is 0 Å². The second-order valence-corrected chi connectivity index (χ2v) is 6.46. The number of amides is 2. The molecule has 1 heterocycles. The van der Waals surface area contributed by atoms with E-state index in [9.17, 15) is 14.7 Å². The molecule has 2 unspecified atom stereocenters. The van der Waals surface area contributed by atoms with Gasteiger partial charge >= 0.3 is 0 Å². The lowest BCUT2D eigenvalue weighted by Gasteiger charge is -2.20. The van der Waals surface area contributed by atoms with Gasteiger partial charge in [0, 0.05) is 0 Å². The number of thiophene rings is 1. The first kappa shape index (κ1) is 18.2. The molecule has 128 valence electrons. The molecular formula is C18H22N2O3S. The molecule has 0 aliphatic rings. The second kappa shape index (κ2) is 8.61. The second-order valence-electron chi connectivity index (χ2n) is 5.51. The van der Waals surface area contributed by atoms with E-state index in [1.165, 1.54) is 16.9 Å². The molecule has 5 nitrogen and oxygen atoms in total. The molecule has 1 aromatic heterocycles. The van der Waals surface area contributed by atoms with Gasteiger partial charge in [0.05, 0.1) is 17.5 Å². The molecule has 0 aliphatic carbocycles. The van der Waals surface area contributed by atoms with E-state index in [2.05, 4.69) is 17.6 Å². The van der Waals surface area contributed by atoms with E-state index in [4.69, 9.17) is 0 Å². The van der Waals surface area contributed by atoms with Crippen LogP contribution in [-0.2, 0) is 11.2 Å². The third-order valence-electron chi connectivity index (χ3n) is 3.78. The normalized spacial score (nSPS) is 13.1. The molecular weight excluding hydrogens is 324 g/mol. The predicted molar refractivity (Wildman–Crippen MR) is 95.0 cm³/mol. The van der Waals surface area contributed by atoms with Crippen molar-refractivity contribution in [3.05, 3.63) is 57.8 Å². The van der Waals surface area contributed by atoms with Crippen LogP contribution in [0.25, 0.3) is 0 Å². The molecule has 2 aromatic rings. The van der Waals surface area contributed by atoms with Crippen LogP contribution in [0.2, 0.25) is 0 Å². The van der Waals surface area contributed by atoms with Crippen LogP contribution in [0.5, 0.6) is 0 Å². The van der Waals surface area contributed by atoms with Gasteiger partial charge < -0.3 is 15.7 Å². The third-order valence-corrected chi connectivity index (χ3v) is 4.64. The first-order chi connectivity index (χ1) is 11.5. The van der Waals surface area contributed by atoms with Gasteiger partial charge in [-0.25, -0.2) is 0 Å². The molecule has 0 saturated heterocycles. The molecule has 0 spiro atoms. The van der Waals surface area contributed by atoms with Crippen molar-refractivity contribution < 1.29 is 14.7 Å². The first-order valence-corrected chi connectivity index (χ1v) is 8.77. The van der Waals surface area contributed by atoms with Gasteiger partial charge in [0.25, 0.3) is 5.91 Å². The zero-order chi connectivity index (χ0) is 17.5. The Labute approximate surface area is 145 Å². The molecule has 0 radical (unpaired) electrons. The van der Waals surface area contributed by atoms with E-state index in [1.54, 1.807) is 24.4 Å². The largest absolute Gasteiger partial charge is 0.394 e. The minimum atomic E-state index is -0.691. The van der Waals surface area contributed by atoms with Crippen molar-refractivity contribution in [3.63, 3.8) is 0 Å². The lowest BCUT2D eigenvalue weighted by atomic mass is 10.0. The Bertz CT molecular complexity index is 668. The fourth-order valence-electron chi connectivity index (χ4n) is 2.26. The lowest BCUT2D eigenvalue weighted by Crippen LogP contribution is -2.46. The van der Waals surface area contributed by atoms with Gasteiger partial charge in [-0.15, -0.1) is 11.3 Å². The Morgan fingerprint density at radius 3 is 2.42 bits per heavy atom. The van der Waals surface area contributed by atoms with Crippen molar-refractivity contribution in [2.24, 2.45) is 0 Å². The minimum Gasteiger partial charge on any atom is -0.394 e. The third kappa shape index (κ3) is 4.66. The summed E-state index contributed by atoms with van der Waals surface area (Å²) >= 11 is 1.32. The van der Waals surface area contributed by atoms with E-state index in [-0.39, 0.29) is 18.4 Å². The molecule has 2 rings (SSSR count). The summed E-state index contributed by atoms with van der Waals surface area (Å²) in [7, 11) is 0. The Morgan fingerprint density at radius 1 is 1.17 bits per heavy atom. The minimum absolute atomic E-state index is 0.206. The van der Waals surface area contributed by atoms with Crippen molar-refractivity contribution in [1.82, 2.24) is 10.6 Å². The van der Waals surface area contributed by atoms with E-state index < -0.39 is 12.1 Å². The molecule has 24 heavy (non-hydrogen) atoms. The van der Waals surface area contributed by atoms with Crippen LogP contribution in [0.15, 0.2) is 41.8 Å². The number of hydrogen-bond donors (Lipinski definition) is 3. The summed E-state index contributed by atoms with van der Waals surface area (Å²) in [6.45, 7) is 3.48. The van der Waals surface area contributed by atoms with Gasteiger partial charge in [-0.2, -0.15) is 0 Å². The number of nitrogens with one attached hydrogen (secondary N) is 2. The van der Waals surface area contributed by atoms with Crippen LogP contribution < -0.4 is 10.6 Å². The number of aliphatic hydroxyl groups excluding tert-OH is 1. The maximum atomic E-state index is 12.3. The Hall–Kier alpha value is -2.18. The molecule has 0 bridgehead atoms. The van der Waals surface area contributed by atoms with E-state index in [1.807, 2.05) is 24.3 Å². The summed E-state index contributed by atoms with van der Waals surface area (Å²) in [6.07, 6.45) is 0.933. The van der Waals surface area contributed by atoms with Crippen LogP contribution in [0, 0.1) is 0 Å². The molecule has 0 saturated carbocycles. The molecule has 6 heteroatoms. The average Bonchev–Trinajstić information content (AvgIpc) is 3.14. The van der Waals surface area contributed by atoms with Crippen molar-refractivity contribution >= 4 is 23.2 Å². The monoisotopic (exact) mass is 346 g/mol. The molecule has 0 fully saturated rings. The SMILES string of the molecule is CCc1ccc(C(CO)NC(=O)C(C)NC(=O)c2cccs2)cc1. The van der Waals surface area contributed by atoms with Crippen LogP contribution in [0.1, 0.15) is 40.7 Å². The number of carbonyl (C=O) groups is 2. The van der Waals surface area contributed by atoms with Crippen LogP contribution in [0.3, 0.4) is 0 Å². The average molecular weight is 346 g/mol. The fourth-order valence-corrected chi connectivity index (χ4v) is 2.88. The molecule has 2 atom stereocenters. The van der Waals surface area contributed by atoms with Crippen LogP contribution >= 0.6 is 11.3 Å². The molecule has 3 N–H and O–H groups in total. The summed E-state index contributed by atoms with van der Waals surface area (Å²) < 4.78 is 0. The van der Waals surface area contributed by atoms with Crippen LogP contribution in [-0.4, -0.2) is 29.6 Å². The number of aryl methyl sites for hydroxylation is 1. The van der Waals surface area contributed by atoms with Gasteiger partial charge in [0.15, 0.2) is 0 Å². The predicted octanol–water partition coefficient (Wildman–Crippen LogP) is 2.28. The summed E-state index contributed by atoms with van der Waals surface area (Å²) in [5, 5.41) is 16.8. The first-order valence-electron chi connectivity index (χ1n) is 7.89. The topological polar surface area (TPSA) is 78.4 Å². The maximum Gasteiger partial charge on any atom is 0.261 e. The highest BCUT2D eigenvalue weighted by Crippen LogP contribution is 2.14. The van der Waals surface area contributed by atoms with E-state index in [0.717, 1.165) is 12.0 Å². The van der Waals surface area contributed by atoms with E-state index >= 15 is 0 Å². The highest BCUT2D eigenvalue weighted by atomic mass is 32.1. The van der Waals surface area contributed by atoms with Gasteiger partial charge in [-0.05, 0) is 35.9 Å². The van der Waals surface area contributed by atoms with Gasteiger partial charge in [-0.1, -0.05) is 37.3 Å². The summed E-state index contributed by atoms with van der Waals surface area (Å²) in [4.78, 5) is 24.8. The van der Waals surface area contributed by atoms with Crippen molar-refractivity contribution in [2.45, 2.75) is 32.4 Å². The number of hydrogen-bond acceptors (Lipinski definition) is 4. The van der Waals surface area contributed by atoms with Gasteiger partial charge in [0.2, 0.25) is 5.91 Å². The number of benzene rings is 1. The number of carbonyl (C=O) groups excluding carboxylic acids is 2. The van der Waals surface area contributed by atoms with Crippen molar-refractivity contribution in [1.29, 1.82) is 0 Å². The standard InChI is InChI=1S/C18H22N2O3S/c1-3-13-6-8-14(9-7-13)15(11-21)20-17(22)12(2)19-18(23)16-5-4-10-24-16/h4-10,12,15,21H,3,11H2,1-2H3,(H,19,23)(H,20,22). The summed E-state index contributed by atoms with van der Waals surface area (Å²) in [6, 6.07) is 10.1. The summed E-state index contributed by atoms with van der Waals surface area (Å²) in [5.41, 5.74) is 2.03. The van der Waals surface area contributed by atoms with Gasteiger partial charge in [-0.3, -0.25) is 9.59 Å². The number of rotatable bonds is 7. The lowest BCUT2D eigenvalue weighted by molar-refractivity contribution is -0.123. The van der Waals surface area contributed by atoms with Gasteiger partial charge in [0.1, 0.15) is 6.04 Å². The van der Waals surface area contributed by atoms with Crippen molar-refractivity contribution in [3.8, 4) is 0 Å². The molecule has 0 aliphatic heterocycles. The maximum absolute atomic E-state index is 12.3. The fraction of sp³-hybridized carbons (Fsp3) is 0.333. The highest BCUT2D eigenvalue weighted by Gasteiger charge is 2.20. The Kier molecular flexibility index (Phi) is 6.52. The molecule has 2 amide bonds. The highest BCUT2D eigenvalue weighted by molar-refractivity contribution is 7.12. The zero-order valence-electron chi connectivity index (χ0n) is 13.8. The Morgan fingerprint density at radius 2 is 1.88 bits per heavy atom. The quantitative estimate of drug-likeness (QED) is 0.720.